The standard InChI is InChI=1S/C21H31N5O3S2/c1-5-25-19(14-26(31(4,28)29)18-9-7-6-8-10-18)22-23-21(25)30-15-20(27)24-12-16(2)11-17(3)13-24/h6-10,16-17H,5,11-15H2,1-4H3/t16-,17-/m0/s1. The Morgan fingerprint density at radius 3 is 2.39 bits per heavy atom. The van der Waals surface area contributed by atoms with Crippen LogP contribution in [0.2, 0.25) is 0 Å². The van der Waals surface area contributed by atoms with Gasteiger partial charge >= 0.3 is 0 Å². The molecule has 31 heavy (non-hydrogen) atoms. The molecule has 2 atom stereocenters. The monoisotopic (exact) mass is 465 g/mol. The van der Waals surface area contributed by atoms with Crippen molar-refractivity contribution in [3.63, 3.8) is 0 Å². The summed E-state index contributed by atoms with van der Waals surface area (Å²) in [5, 5.41) is 9.12. The number of aromatic nitrogens is 3. The lowest BCUT2D eigenvalue weighted by Gasteiger charge is -2.34. The Balaban J connectivity index is 1.72. The molecule has 0 N–H and O–H groups in total. The Bertz CT molecular complexity index is 984. The van der Waals surface area contributed by atoms with E-state index in [9.17, 15) is 13.2 Å². The predicted molar refractivity (Wildman–Crippen MR) is 123 cm³/mol. The fourth-order valence-electron chi connectivity index (χ4n) is 4.07. The summed E-state index contributed by atoms with van der Waals surface area (Å²) in [6.45, 7) is 8.60. The SMILES string of the molecule is CCn1c(CN(c2ccccc2)S(C)(=O)=O)nnc1SCC(=O)N1C[C@@H](C)C[C@H](C)C1. The number of sulfonamides is 1. The topological polar surface area (TPSA) is 88.4 Å². The van der Waals surface area contributed by atoms with Crippen LogP contribution in [0.3, 0.4) is 0 Å². The van der Waals surface area contributed by atoms with Crippen molar-refractivity contribution in [2.75, 3.05) is 29.4 Å². The summed E-state index contributed by atoms with van der Waals surface area (Å²) in [5.41, 5.74) is 0.577. The molecule has 0 spiro atoms. The number of carbonyl (C=O) groups is 1. The van der Waals surface area contributed by atoms with Gasteiger partial charge in [0.25, 0.3) is 0 Å². The first-order chi connectivity index (χ1) is 14.7. The molecule has 3 rings (SSSR count). The van der Waals surface area contributed by atoms with Crippen molar-refractivity contribution >= 4 is 33.4 Å². The van der Waals surface area contributed by atoms with E-state index in [2.05, 4.69) is 24.0 Å². The lowest BCUT2D eigenvalue weighted by molar-refractivity contribution is -0.130. The van der Waals surface area contributed by atoms with E-state index in [1.807, 2.05) is 22.5 Å². The molecule has 8 nitrogen and oxygen atoms in total. The highest BCUT2D eigenvalue weighted by Crippen LogP contribution is 2.25. The van der Waals surface area contributed by atoms with Crippen LogP contribution in [-0.4, -0.2) is 59.1 Å². The van der Waals surface area contributed by atoms with E-state index in [4.69, 9.17) is 0 Å². The molecule has 0 saturated carbocycles. The van der Waals surface area contributed by atoms with E-state index in [1.165, 1.54) is 22.3 Å². The highest BCUT2D eigenvalue weighted by Gasteiger charge is 2.26. The zero-order chi connectivity index (χ0) is 22.6. The molecule has 0 radical (unpaired) electrons. The van der Waals surface area contributed by atoms with Crippen LogP contribution < -0.4 is 4.31 Å². The first-order valence-corrected chi connectivity index (χ1v) is 13.4. The molecule has 0 bridgehead atoms. The third-order valence-electron chi connectivity index (χ3n) is 5.39. The van der Waals surface area contributed by atoms with E-state index in [0.29, 0.717) is 40.8 Å². The summed E-state index contributed by atoms with van der Waals surface area (Å²) in [6.07, 6.45) is 2.34. The maximum Gasteiger partial charge on any atom is 0.233 e. The minimum absolute atomic E-state index is 0.0827. The van der Waals surface area contributed by atoms with Gasteiger partial charge in [-0.05, 0) is 37.3 Å². The largest absolute Gasteiger partial charge is 0.341 e. The fourth-order valence-corrected chi connectivity index (χ4v) is 5.85. The Labute approximate surface area is 189 Å². The smallest absolute Gasteiger partial charge is 0.233 e. The van der Waals surface area contributed by atoms with Crippen LogP contribution >= 0.6 is 11.8 Å². The molecule has 1 fully saturated rings. The van der Waals surface area contributed by atoms with Gasteiger partial charge in [0, 0.05) is 19.6 Å². The second kappa shape index (κ2) is 10.0. The lowest BCUT2D eigenvalue weighted by Crippen LogP contribution is -2.43. The van der Waals surface area contributed by atoms with Crippen LogP contribution in [0.25, 0.3) is 0 Å². The van der Waals surface area contributed by atoms with Gasteiger partial charge in [0.05, 0.1) is 24.2 Å². The third-order valence-corrected chi connectivity index (χ3v) is 7.48. The van der Waals surface area contributed by atoms with Crippen molar-refractivity contribution in [3.8, 4) is 0 Å². The van der Waals surface area contributed by atoms with Crippen LogP contribution in [0.4, 0.5) is 5.69 Å². The van der Waals surface area contributed by atoms with Gasteiger partial charge in [-0.2, -0.15) is 0 Å². The lowest BCUT2D eigenvalue weighted by atomic mass is 9.92. The first-order valence-electron chi connectivity index (χ1n) is 10.5. The molecule has 2 heterocycles. The number of nitrogens with zero attached hydrogens (tertiary/aromatic N) is 5. The van der Waals surface area contributed by atoms with Crippen molar-refractivity contribution < 1.29 is 13.2 Å². The summed E-state index contributed by atoms with van der Waals surface area (Å²) in [4.78, 5) is 14.7. The van der Waals surface area contributed by atoms with Crippen LogP contribution in [0.1, 0.15) is 33.0 Å². The van der Waals surface area contributed by atoms with Crippen LogP contribution in [0.15, 0.2) is 35.5 Å². The molecule has 0 unspecified atom stereocenters. The molecule has 1 aliphatic heterocycles. The van der Waals surface area contributed by atoms with E-state index < -0.39 is 10.0 Å². The summed E-state index contributed by atoms with van der Waals surface area (Å²) < 4.78 is 28.0. The minimum atomic E-state index is -3.50. The van der Waals surface area contributed by atoms with Crippen LogP contribution in [0, 0.1) is 11.8 Å². The van der Waals surface area contributed by atoms with Gasteiger partial charge in [-0.1, -0.05) is 43.8 Å². The Kier molecular flexibility index (Phi) is 7.64. The van der Waals surface area contributed by atoms with E-state index >= 15 is 0 Å². The minimum Gasteiger partial charge on any atom is -0.341 e. The number of benzene rings is 1. The third kappa shape index (κ3) is 6.00. The van der Waals surface area contributed by atoms with Crippen molar-refractivity contribution in [2.24, 2.45) is 11.8 Å². The van der Waals surface area contributed by atoms with Crippen molar-refractivity contribution in [1.29, 1.82) is 0 Å². The first kappa shape index (κ1) is 23.6. The van der Waals surface area contributed by atoms with Gasteiger partial charge in [-0.15, -0.1) is 10.2 Å². The second-order valence-corrected chi connectivity index (χ2v) is 11.1. The van der Waals surface area contributed by atoms with Crippen molar-refractivity contribution in [3.05, 3.63) is 36.2 Å². The number of rotatable bonds is 8. The Morgan fingerprint density at radius 2 is 1.81 bits per heavy atom. The average molecular weight is 466 g/mol. The molecule has 1 aliphatic rings. The fraction of sp³-hybridized carbons (Fsp3) is 0.571. The van der Waals surface area contributed by atoms with Gasteiger partial charge in [0.15, 0.2) is 11.0 Å². The number of anilines is 1. The van der Waals surface area contributed by atoms with Gasteiger partial charge in [0.1, 0.15) is 0 Å². The van der Waals surface area contributed by atoms with Crippen LogP contribution in [0.5, 0.6) is 0 Å². The number of carbonyl (C=O) groups excluding carboxylic acids is 1. The van der Waals surface area contributed by atoms with Crippen LogP contribution in [-0.2, 0) is 27.9 Å². The summed E-state index contributed by atoms with van der Waals surface area (Å²) in [7, 11) is -3.50. The van der Waals surface area contributed by atoms with E-state index in [-0.39, 0.29) is 12.5 Å². The van der Waals surface area contributed by atoms with Gasteiger partial charge < -0.3 is 9.47 Å². The maximum atomic E-state index is 12.7. The average Bonchev–Trinajstić information content (AvgIpc) is 3.10. The number of hydrogen-bond donors (Lipinski definition) is 0. The van der Waals surface area contributed by atoms with Crippen molar-refractivity contribution in [2.45, 2.75) is 45.4 Å². The molecule has 1 amide bonds. The number of para-hydroxylation sites is 1. The van der Waals surface area contributed by atoms with Gasteiger partial charge in [-0.3, -0.25) is 9.10 Å². The number of hydrogen-bond acceptors (Lipinski definition) is 6. The normalized spacial score (nSPS) is 19.4. The predicted octanol–water partition coefficient (Wildman–Crippen LogP) is 2.86. The van der Waals surface area contributed by atoms with E-state index in [0.717, 1.165) is 19.5 Å². The van der Waals surface area contributed by atoms with E-state index in [1.54, 1.807) is 24.3 Å². The second-order valence-electron chi connectivity index (χ2n) is 8.28. The zero-order valence-corrected chi connectivity index (χ0v) is 20.2. The molecule has 170 valence electrons. The molecule has 10 heteroatoms. The van der Waals surface area contributed by atoms with Gasteiger partial charge in [-0.25, -0.2) is 8.42 Å². The quantitative estimate of drug-likeness (QED) is 0.557. The molecule has 1 saturated heterocycles. The molecular formula is C21H31N5O3S2. The summed E-state index contributed by atoms with van der Waals surface area (Å²) >= 11 is 1.36. The number of piperidine rings is 1. The molecule has 1 aromatic heterocycles. The number of thioether (sulfide) groups is 1. The Morgan fingerprint density at radius 1 is 1.16 bits per heavy atom. The molecule has 2 aromatic rings. The summed E-state index contributed by atoms with van der Waals surface area (Å²) in [5.74, 6) is 1.99. The van der Waals surface area contributed by atoms with Gasteiger partial charge in [0.2, 0.25) is 15.9 Å². The highest BCUT2D eigenvalue weighted by molar-refractivity contribution is 7.99. The Hall–Kier alpha value is -2.07. The molecule has 0 aliphatic carbocycles. The number of amides is 1. The maximum absolute atomic E-state index is 12.7. The molecule has 1 aromatic carbocycles. The molecular weight excluding hydrogens is 434 g/mol. The zero-order valence-electron chi connectivity index (χ0n) is 18.6. The van der Waals surface area contributed by atoms with Crippen molar-refractivity contribution in [1.82, 2.24) is 19.7 Å². The summed E-state index contributed by atoms with van der Waals surface area (Å²) in [6, 6.07) is 8.94. The highest BCUT2D eigenvalue weighted by atomic mass is 32.2. The number of likely N-dealkylation sites (tertiary alicyclic amines) is 1.